The first-order valence-electron chi connectivity index (χ1n) is 14.2. The number of aromatic nitrogens is 2. The number of hydrogen-bond donors (Lipinski definition) is 4. The number of carbonyl (C=O) groups excluding carboxylic acids is 3. The number of hydrogen-bond acceptors (Lipinski definition) is 8. The van der Waals surface area contributed by atoms with Gasteiger partial charge in [-0.1, -0.05) is 30.3 Å². The molecule has 4 N–H and O–H groups in total. The number of nitrogens with one attached hydrogen (secondary N) is 3. The third-order valence-corrected chi connectivity index (χ3v) is 7.83. The summed E-state index contributed by atoms with van der Waals surface area (Å²) in [5, 5.41) is 18.6. The molecular formula is C31H36N6O5. The Morgan fingerprint density at radius 3 is 2.60 bits per heavy atom. The van der Waals surface area contributed by atoms with E-state index in [-0.39, 0.29) is 23.8 Å². The van der Waals surface area contributed by atoms with Crippen LogP contribution in [0.15, 0.2) is 48.5 Å². The standard InChI is InChI=1S/C31H36N6O5/c1-19-26(20(2)34-29(33-19)32-15-7-10-21-9-6-13-23(38)17-21)27(39)36-31(28(40)42-3)18-25(31)35-30(41)37-16-8-12-22-11-4-5-14-24(22)37/h4-6,9,11,13-14,17,25,38H,7-8,10,12,15-16,18H2,1-3H3,(H,35,41)(H,36,39)(H,32,33,34)/t25-,31?/m1/s1. The molecule has 11 heteroatoms. The Morgan fingerprint density at radius 2 is 1.86 bits per heavy atom. The molecule has 0 spiro atoms. The van der Waals surface area contributed by atoms with E-state index in [2.05, 4.69) is 25.9 Å². The van der Waals surface area contributed by atoms with E-state index in [0.717, 1.165) is 42.5 Å². The van der Waals surface area contributed by atoms with Gasteiger partial charge in [-0.25, -0.2) is 19.6 Å². The molecule has 1 fully saturated rings. The Morgan fingerprint density at radius 1 is 1.10 bits per heavy atom. The highest BCUT2D eigenvalue weighted by Gasteiger charge is 2.64. The van der Waals surface area contributed by atoms with Crippen molar-refractivity contribution in [1.82, 2.24) is 20.6 Å². The number of amides is 3. The molecule has 42 heavy (non-hydrogen) atoms. The van der Waals surface area contributed by atoms with Gasteiger partial charge in [-0.2, -0.15) is 0 Å². The smallest absolute Gasteiger partial charge is 0.333 e. The molecule has 1 aliphatic heterocycles. The van der Waals surface area contributed by atoms with Crippen molar-refractivity contribution in [3.05, 3.63) is 76.6 Å². The molecule has 3 amide bonds. The van der Waals surface area contributed by atoms with Crippen LogP contribution in [-0.4, -0.2) is 64.8 Å². The number of urea groups is 1. The van der Waals surface area contributed by atoms with Crippen molar-refractivity contribution < 1.29 is 24.2 Å². The highest BCUT2D eigenvalue weighted by molar-refractivity contribution is 6.02. The number of para-hydroxylation sites is 1. The zero-order valence-electron chi connectivity index (χ0n) is 24.1. The summed E-state index contributed by atoms with van der Waals surface area (Å²) in [6.07, 6.45) is 3.53. The lowest BCUT2D eigenvalue weighted by molar-refractivity contribution is -0.144. The van der Waals surface area contributed by atoms with E-state index >= 15 is 0 Å². The first-order chi connectivity index (χ1) is 20.2. The van der Waals surface area contributed by atoms with E-state index < -0.39 is 23.5 Å². The number of anilines is 2. The average molecular weight is 573 g/mol. The lowest BCUT2D eigenvalue weighted by atomic mass is 10.0. The molecular weight excluding hydrogens is 536 g/mol. The molecule has 2 aromatic carbocycles. The topological polar surface area (TPSA) is 146 Å². The van der Waals surface area contributed by atoms with Crippen LogP contribution in [0.4, 0.5) is 16.4 Å². The van der Waals surface area contributed by atoms with Gasteiger partial charge in [0, 0.05) is 25.2 Å². The van der Waals surface area contributed by atoms with Gasteiger partial charge in [-0.05, 0) is 68.9 Å². The predicted molar refractivity (Wildman–Crippen MR) is 158 cm³/mol. The third-order valence-electron chi connectivity index (χ3n) is 7.83. The number of rotatable bonds is 9. The average Bonchev–Trinajstić information content (AvgIpc) is 3.66. The number of ether oxygens (including phenoxy) is 1. The summed E-state index contributed by atoms with van der Waals surface area (Å²) >= 11 is 0. The molecule has 0 saturated heterocycles. The van der Waals surface area contributed by atoms with Crippen molar-refractivity contribution in [3.8, 4) is 5.75 Å². The van der Waals surface area contributed by atoms with Gasteiger partial charge in [0.15, 0.2) is 5.54 Å². The molecule has 5 rings (SSSR count). The number of benzene rings is 2. The zero-order valence-corrected chi connectivity index (χ0v) is 24.1. The quantitative estimate of drug-likeness (QED) is 0.225. The number of nitrogens with zero attached hydrogens (tertiary/aromatic N) is 3. The number of esters is 1. The molecule has 1 aliphatic carbocycles. The Labute approximate surface area is 244 Å². The molecule has 2 atom stereocenters. The fourth-order valence-corrected chi connectivity index (χ4v) is 5.60. The molecule has 2 aliphatic rings. The minimum Gasteiger partial charge on any atom is -0.508 e. The maximum absolute atomic E-state index is 13.5. The third kappa shape index (κ3) is 6.00. The predicted octanol–water partition coefficient (Wildman–Crippen LogP) is 3.42. The summed E-state index contributed by atoms with van der Waals surface area (Å²) < 4.78 is 5.03. The summed E-state index contributed by atoms with van der Waals surface area (Å²) in [4.78, 5) is 50.1. The number of aryl methyl sites for hydroxylation is 4. The first-order valence-corrected chi connectivity index (χ1v) is 14.2. The molecule has 1 aromatic heterocycles. The summed E-state index contributed by atoms with van der Waals surface area (Å²) in [7, 11) is 1.26. The first kappa shape index (κ1) is 28.8. The number of carbonyl (C=O) groups is 3. The van der Waals surface area contributed by atoms with E-state index in [1.54, 1.807) is 30.9 Å². The second-order valence-electron chi connectivity index (χ2n) is 10.8. The number of phenolic OH excluding ortho intramolecular Hbond substituents is 1. The Kier molecular flexibility index (Phi) is 8.28. The van der Waals surface area contributed by atoms with Crippen LogP contribution in [0.1, 0.15) is 52.1 Å². The van der Waals surface area contributed by atoms with Crippen molar-refractivity contribution in [3.63, 3.8) is 0 Å². The second-order valence-corrected chi connectivity index (χ2v) is 10.8. The Bertz CT molecular complexity index is 1490. The van der Waals surface area contributed by atoms with Crippen molar-refractivity contribution >= 4 is 29.5 Å². The second kappa shape index (κ2) is 12.1. The van der Waals surface area contributed by atoms with Crippen molar-refractivity contribution in [2.24, 2.45) is 0 Å². The van der Waals surface area contributed by atoms with Crippen LogP contribution in [0, 0.1) is 13.8 Å². The minimum atomic E-state index is -1.38. The molecule has 0 bridgehead atoms. The normalized spacial score (nSPS) is 18.9. The highest BCUT2D eigenvalue weighted by atomic mass is 16.5. The van der Waals surface area contributed by atoms with E-state index in [1.165, 1.54) is 7.11 Å². The van der Waals surface area contributed by atoms with E-state index in [1.807, 2.05) is 36.4 Å². The van der Waals surface area contributed by atoms with Crippen LogP contribution in [0.25, 0.3) is 0 Å². The van der Waals surface area contributed by atoms with Gasteiger partial charge < -0.3 is 25.8 Å². The molecule has 220 valence electrons. The highest BCUT2D eigenvalue weighted by Crippen LogP contribution is 2.39. The number of fused-ring (bicyclic) bond motifs is 1. The van der Waals surface area contributed by atoms with Gasteiger partial charge in [-0.3, -0.25) is 9.69 Å². The monoisotopic (exact) mass is 572 g/mol. The van der Waals surface area contributed by atoms with Crippen LogP contribution in [0.3, 0.4) is 0 Å². The zero-order chi connectivity index (χ0) is 29.9. The molecule has 1 saturated carbocycles. The fourth-order valence-electron chi connectivity index (χ4n) is 5.60. The Balaban J connectivity index is 1.22. The van der Waals surface area contributed by atoms with Crippen molar-refractivity contribution in [1.29, 1.82) is 0 Å². The summed E-state index contributed by atoms with van der Waals surface area (Å²) in [6.45, 7) is 4.60. The summed E-state index contributed by atoms with van der Waals surface area (Å²) in [5.74, 6) is -0.489. The maximum atomic E-state index is 13.5. The van der Waals surface area contributed by atoms with Gasteiger partial charge in [0.25, 0.3) is 5.91 Å². The maximum Gasteiger partial charge on any atom is 0.333 e. The van der Waals surface area contributed by atoms with Crippen LogP contribution in [0.5, 0.6) is 5.75 Å². The largest absolute Gasteiger partial charge is 0.508 e. The van der Waals surface area contributed by atoms with E-state index in [4.69, 9.17) is 4.74 Å². The Hall–Kier alpha value is -4.67. The molecule has 2 heterocycles. The van der Waals surface area contributed by atoms with Crippen LogP contribution < -0.4 is 20.9 Å². The molecule has 1 unspecified atom stereocenters. The molecule has 3 aromatic rings. The van der Waals surface area contributed by atoms with Crippen molar-refractivity contribution in [2.45, 2.75) is 57.5 Å². The summed E-state index contributed by atoms with van der Waals surface area (Å²) in [6, 6.07) is 14.0. The number of aromatic hydroxyl groups is 1. The van der Waals surface area contributed by atoms with Crippen LogP contribution in [-0.2, 0) is 22.4 Å². The van der Waals surface area contributed by atoms with Gasteiger partial charge in [0.05, 0.1) is 30.1 Å². The van der Waals surface area contributed by atoms with Gasteiger partial charge in [0.1, 0.15) is 5.75 Å². The molecule has 0 radical (unpaired) electrons. The van der Waals surface area contributed by atoms with Crippen LogP contribution >= 0.6 is 0 Å². The van der Waals surface area contributed by atoms with Crippen molar-refractivity contribution in [2.75, 3.05) is 30.4 Å². The van der Waals surface area contributed by atoms with Gasteiger partial charge in [-0.15, -0.1) is 0 Å². The van der Waals surface area contributed by atoms with Crippen LogP contribution in [0.2, 0.25) is 0 Å². The lowest BCUT2D eigenvalue weighted by Gasteiger charge is -2.30. The molecule has 11 nitrogen and oxygen atoms in total. The number of methoxy groups -OCH3 is 1. The minimum absolute atomic E-state index is 0.213. The van der Waals surface area contributed by atoms with Gasteiger partial charge in [0.2, 0.25) is 5.95 Å². The van der Waals surface area contributed by atoms with E-state index in [0.29, 0.717) is 30.4 Å². The van der Waals surface area contributed by atoms with Gasteiger partial charge >= 0.3 is 12.0 Å². The number of phenols is 1. The SMILES string of the molecule is COC(=O)C1(NC(=O)c2c(C)nc(NCCCc3cccc(O)c3)nc2C)C[C@H]1NC(=O)N1CCCc2ccccc21. The van der Waals surface area contributed by atoms with E-state index in [9.17, 15) is 19.5 Å². The lowest BCUT2D eigenvalue weighted by Crippen LogP contribution is -2.52. The fraction of sp³-hybridized carbons (Fsp3) is 0.387. The summed E-state index contributed by atoms with van der Waals surface area (Å²) in [5.41, 5.74) is 2.80.